The highest BCUT2D eigenvalue weighted by atomic mass is 35.5. The Kier molecular flexibility index (Phi) is 7.37. The second-order valence-electron chi connectivity index (χ2n) is 7.32. The number of rotatable bonds is 6. The zero-order chi connectivity index (χ0) is 19.5. The third-order valence-electron chi connectivity index (χ3n) is 5.25. The van der Waals surface area contributed by atoms with Gasteiger partial charge in [0.2, 0.25) is 0 Å². The minimum absolute atomic E-state index is 0. The highest BCUT2D eigenvalue weighted by Gasteiger charge is 2.35. The van der Waals surface area contributed by atoms with Gasteiger partial charge in [-0.2, -0.15) is 13.2 Å². The number of aliphatic hydroxyl groups excluding tert-OH is 1. The van der Waals surface area contributed by atoms with Crippen LogP contribution in [0.1, 0.15) is 41.9 Å². The van der Waals surface area contributed by atoms with Gasteiger partial charge in [0.25, 0.3) is 0 Å². The van der Waals surface area contributed by atoms with Crippen LogP contribution in [0.25, 0.3) is 0 Å². The molecule has 0 aliphatic heterocycles. The molecule has 0 spiro atoms. The Bertz CT molecular complexity index is 750. The van der Waals surface area contributed by atoms with Gasteiger partial charge in [0, 0.05) is 12.0 Å². The van der Waals surface area contributed by atoms with E-state index >= 15 is 0 Å². The van der Waals surface area contributed by atoms with Crippen LogP contribution in [-0.4, -0.2) is 23.9 Å². The Balaban J connectivity index is 0.00000280. The van der Waals surface area contributed by atoms with E-state index in [1.165, 1.54) is 17.7 Å². The fourth-order valence-electron chi connectivity index (χ4n) is 3.57. The minimum Gasteiger partial charge on any atom is -0.493 e. The number of alkyl halides is 3. The maximum Gasteiger partial charge on any atom is 0.416 e. The van der Waals surface area contributed by atoms with E-state index in [-0.39, 0.29) is 19.0 Å². The zero-order valence-corrected chi connectivity index (χ0v) is 16.2. The van der Waals surface area contributed by atoms with E-state index in [1.54, 1.807) is 0 Å². The van der Waals surface area contributed by atoms with Crippen LogP contribution in [0.5, 0.6) is 5.75 Å². The summed E-state index contributed by atoms with van der Waals surface area (Å²) in [6.07, 6.45) is -1.21. The van der Waals surface area contributed by atoms with Crippen LogP contribution in [0.2, 0.25) is 0 Å². The molecule has 1 aliphatic rings. The van der Waals surface area contributed by atoms with E-state index in [4.69, 9.17) is 10.5 Å². The average Bonchev–Trinajstić information content (AvgIpc) is 3.05. The Morgan fingerprint density at radius 3 is 2.25 bits per heavy atom. The van der Waals surface area contributed by atoms with Crippen molar-refractivity contribution in [1.82, 2.24) is 0 Å². The molecule has 2 aromatic rings. The fraction of sp³-hybridized carbons (Fsp3) is 0.429. The van der Waals surface area contributed by atoms with Crippen LogP contribution in [0.4, 0.5) is 13.2 Å². The molecule has 0 amide bonds. The molecule has 7 heteroatoms. The molecule has 0 bridgehead atoms. The standard InChI is InChI=1S/C21H24F3NO2.ClH/c22-21(23,24)18-5-1-15(2-6-18)10-12-27-19-7-3-16(4-8-19)17-9-11-20(25,13-17)14-26;/h1-8,17,26H,9-14,25H2;1H/t17-,20-;/m1./s1. The molecule has 0 aromatic heterocycles. The minimum atomic E-state index is -4.31. The number of nitrogens with two attached hydrogens (primary N) is 1. The number of benzene rings is 2. The molecule has 2 aromatic carbocycles. The van der Waals surface area contributed by atoms with E-state index in [1.807, 2.05) is 24.3 Å². The van der Waals surface area contributed by atoms with Crippen molar-refractivity contribution in [1.29, 1.82) is 0 Å². The Morgan fingerprint density at radius 1 is 1.07 bits per heavy atom. The monoisotopic (exact) mass is 415 g/mol. The molecule has 3 nitrogen and oxygen atoms in total. The summed E-state index contributed by atoms with van der Waals surface area (Å²) in [7, 11) is 0. The summed E-state index contributed by atoms with van der Waals surface area (Å²) in [6, 6.07) is 13.0. The molecular weight excluding hydrogens is 391 g/mol. The predicted octanol–water partition coefficient (Wildman–Crippen LogP) is 4.71. The molecular formula is C21H25ClF3NO2. The number of hydrogen-bond acceptors (Lipinski definition) is 3. The summed E-state index contributed by atoms with van der Waals surface area (Å²) in [5, 5.41) is 9.38. The molecule has 28 heavy (non-hydrogen) atoms. The van der Waals surface area contributed by atoms with Crippen LogP contribution in [0.15, 0.2) is 48.5 Å². The molecule has 0 heterocycles. The van der Waals surface area contributed by atoms with Crippen LogP contribution < -0.4 is 10.5 Å². The smallest absolute Gasteiger partial charge is 0.416 e. The van der Waals surface area contributed by atoms with Crippen molar-refractivity contribution in [3.63, 3.8) is 0 Å². The van der Waals surface area contributed by atoms with Crippen molar-refractivity contribution in [3.8, 4) is 5.75 Å². The van der Waals surface area contributed by atoms with Gasteiger partial charge in [-0.1, -0.05) is 24.3 Å². The number of halogens is 4. The van der Waals surface area contributed by atoms with E-state index in [0.29, 0.717) is 18.9 Å². The second kappa shape index (κ2) is 9.16. The van der Waals surface area contributed by atoms with Crippen LogP contribution in [0.3, 0.4) is 0 Å². The van der Waals surface area contributed by atoms with Gasteiger partial charge in [-0.15, -0.1) is 12.4 Å². The number of ether oxygens (including phenoxy) is 1. The molecule has 0 radical (unpaired) electrons. The highest BCUT2D eigenvalue weighted by Crippen LogP contribution is 2.39. The lowest BCUT2D eigenvalue weighted by Crippen LogP contribution is -2.40. The molecule has 0 unspecified atom stereocenters. The molecule has 1 fully saturated rings. The van der Waals surface area contributed by atoms with Gasteiger partial charge in [0.05, 0.1) is 18.8 Å². The van der Waals surface area contributed by atoms with Crippen molar-refractivity contribution in [2.24, 2.45) is 5.73 Å². The molecule has 3 rings (SSSR count). The van der Waals surface area contributed by atoms with Crippen molar-refractivity contribution in [2.75, 3.05) is 13.2 Å². The summed E-state index contributed by atoms with van der Waals surface area (Å²) < 4.78 is 43.4. The van der Waals surface area contributed by atoms with Gasteiger partial charge >= 0.3 is 6.18 Å². The first-order valence-corrected chi connectivity index (χ1v) is 9.08. The van der Waals surface area contributed by atoms with Gasteiger partial charge in [-0.3, -0.25) is 0 Å². The number of aliphatic hydroxyl groups is 1. The van der Waals surface area contributed by atoms with Gasteiger partial charge in [0.1, 0.15) is 5.75 Å². The maximum absolute atomic E-state index is 12.6. The molecule has 154 valence electrons. The van der Waals surface area contributed by atoms with Crippen molar-refractivity contribution >= 4 is 12.4 Å². The summed E-state index contributed by atoms with van der Waals surface area (Å²) in [4.78, 5) is 0. The Labute approximate surface area is 169 Å². The first-order chi connectivity index (χ1) is 12.8. The highest BCUT2D eigenvalue weighted by molar-refractivity contribution is 5.85. The lowest BCUT2D eigenvalue weighted by atomic mass is 9.94. The van der Waals surface area contributed by atoms with E-state index < -0.39 is 17.3 Å². The predicted molar refractivity (Wildman–Crippen MR) is 105 cm³/mol. The van der Waals surface area contributed by atoms with Crippen LogP contribution >= 0.6 is 12.4 Å². The van der Waals surface area contributed by atoms with E-state index in [2.05, 4.69) is 0 Å². The fourth-order valence-corrected chi connectivity index (χ4v) is 3.57. The first kappa shape index (κ1) is 22.5. The largest absolute Gasteiger partial charge is 0.493 e. The average molecular weight is 416 g/mol. The quantitative estimate of drug-likeness (QED) is 0.718. The van der Waals surface area contributed by atoms with Crippen molar-refractivity contribution < 1.29 is 23.0 Å². The Morgan fingerprint density at radius 2 is 1.71 bits per heavy atom. The van der Waals surface area contributed by atoms with Gasteiger partial charge in [-0.25, -0.2) is 0 Å². The normalized spacial score (nSPS) is 22.0. The summed E-state index contributed by atoms with van der Waals surface area (Å²) in [5.74, 6) is 1.08. The summed E-state index contributed by atoms with van der Waals surface area (Å²) in [6.45, 7) is 0.402. The lowest BCUT2D eigenvalue weighted by molar-refractivity contribution is -0.137. The molecule has 1 aliphatic carbocycles. The Hall–Kier alpha value is -1.76. The van der Waals surface area contributed by atoms with Gasteiger partial charge in [0.15, 0.2) is 0 Å². The second-order valence-corrected chi connectivity index (χ2v) is 7.32. The molecule has 2 atom stereocenters. The molecule has 1 saturated carbocycles. The van der Waals surface area contributed by atoms with Crippen LogP contribution in [-0.2, 0) is 12.6 Å². The maximum atomic E-state index is 12.6. The SMILES string of the molecule is Cl.N[C@]1(CO)CC[C@@H](c2ccc(OCCc3ccc(C(F)(F)F)cc3)cc2)C1. The van der Waals surface area contributed by atoms with Gasteiger partial charge < -0.3 is 15.6 Å². The van der Waals surface area contributed by atoms with E-state index in [0.717, 1.165) is 42.7 Å². The number of hydrogen-bond donors (Lipinski definition) is 2. The third-order valence-corrected chi connectivity index (χ3v) is 5.25. The van der Waals surface area contributed by atoms with Crippen molar-refractivity contribution in [2.45, 2.75) is 43.3 Å². The van der Waals surface area contributed by atoms with Crippen LogP contribution in [0, 0.1) is 0 Å². The molecule has 0 saturated heterocycles. The van der Waals surface area contributed by atoms with Gasteiger partial charge in [-0.05, 0) is 60.6 Å². The summed E-state index contributed by atoms with van der Waals surface area (Å²) >= 11 is 0. The lowest BCUT2D eigenvalue weighted by Gasteiger charge is -2.21. The third kappa shape index (κ3) is 5.63. The van der Waals surface area contributed by atoms with E-state index in [9.17, 15) is 18.3 Å². The summed E-state index contributed by atoms with van der Waals surface area (Å²) in [5.41, 5.74) is 7.01. The topological polar surface area (TPSA) is 55.5 Å². The molecule has 3 N–H and O–H groups in total. The zero-order valence-electron chi connectivity index (χ0n) is 15.4. The first-order valence-electron chi connectivity index (χ1n) is 9.08. The van der Waals surface area contributed by atoms with Crippen molar-refractivity contribution in [3.05, 3.63) is 65.2 Å².